The van der Waals surface area contributed by atoms with Crippen LogP contribution in [0.25, 0.3) is 0 Å². The number of ether oxygens (including phenoxy) is 1. The number of allylic oxidation sites excluding steroid dienone is 2. The number of halogens is 2. The number of H-pyrrole nitrogens is 1. The van der Waals surface area contributed by atoms with Crippen molar-refractivity contribution >= 4 is 34.3 Å². The first-order valence-electron chi connectivity index (χ1n) is 9.43. The van der Waals surface area contributed by atoms with Crippen molar-refractivity contribution in [2.24, 2.45) is 5.92 Å². The summed E-state index contributed by atoms with van der Waals surface area (Å²) in [6.45, 7) is 4.70. The van der Waals surface area contributed by atoms with Gasteiger partial charge in [-0.15, -0.1) is 0 Å². The molecule has 1 aliphatic heterocycles. The molecule has 0 spiro atoms. The number of hydrogen-bond acceptors (Lipinski definition) is 8. The maximum Gasteiger partial charge on any atom is 0.380 e. The standard InChI is InChI=1S/C18H25Cl2N2O8P/c1-9(2)4-5-11(10(3)23)6-12-7-22(18(27)21-16(12)26)17-15(25)14(24)13(30-17)8-29-31(19,20)28/h4,7,11,13-15,17,24-25H,5-6,8H2,1-3H3,(H,21,26,27)/t11?,13-,14?,15+,17-/m1/s1. The molecule has 2 unspecified atom stereocenters. The van der Waals surface area contributed by atoms with E-state index in [4.69, 9.17) is 31.7 Å². The molecule has 0 bridgehead atoms. The molecule has 13 heteroatoms. The average molecular weight is 499 g/mol. The van der Waals surface area contributed by atoms with Crippen LogP contribution < -0.4 is 11.2 Å². The van der Waals surface area contributed by atoms with E-state index in [1.54, 1.807) is 0 Å². The largest absolute Gasteiger partial charge is 0.387 e. The number of carbonyl (C=O) groups is 1. The van der Waals surface area contributed by atoms with E-state index in [1.807, 2.05) is 19.9 Å². The third-order valence-corrected chi connectivity index (χ3v) is 5.93. The van der Waals surface area contributed by atoms with Crippen LogP contribution in [0.2, 0.25) is 0 Å². The van der Waals surface area contributed by atoms with Crippen LogP contribution in [0.3, 0.4) is 0 Å². The van der Waals surface area contributed by atoms with Crippen LogP contribution in [0.15, 0.2) is 27.4 Å². The Morgan fingerprint density at radius 3 is 2.52 bits per heavy atom. The smallest absolute Gasteiger partial charge is 0.380 e. The van der Waals surface area contributed by atoms with Gasteiger partial charge in [-0.25, -0.2) is 4.79 Å². The van der Waals surface area contributed by atoms with Crippen molar-refractivity contribution in [3.8, 4) is 0 Å². The van der Waals surface area contributed by atoms with Gasteiger partial charge >= 0.3 is 11.8 Å². The first-order chi connectivity index (χ1) is 14.3. The zero-order chi connectivity index (χ0) is 23.5. The highest BCUT2D eigenvalue weighted by atomic mass is 35.9. The quantitative estimate of drug-likeness (QED) is 0.345. The first-order valence-corrected chi connectivity index (χ1v) is 12.9. The minimum absolute atomic E-state index is 0.0638. The predicted octanol–water partition coefficient (Wildman–Crippen LogP) is 1.86. The molecule has 0 saturated carbocycles. The van der Waals surface area contributed by atoms with Gasteiger partial charge in [0.2, 0.25) is 0 Å². The summed E-state index contributed by atoms with van der Waals surface area (Å²) in [5.41, 5.74) is -0.385. The second-order valence-corrected chi connectivity index (χ2v) is 11.9. The van der Waals surface area contributed by atoms with E-state index in [0.717, 1.165) is 10.1 Å². The van der Waals surface area contributed by atoms with Crippen LogP contribution in [0.1, 0.15) is 39.0 Å². The maximum atomic E-state index is 12.3. The van der Waals surface area contributed by atoms with Gasteiger partial charge in [0.05, 0.1) is 6.61 Å². The van der Waals surface area contributed by atoms with Crippen LogP contribution >= 0.6 is 28.6 Å². The summed E-state index contributed by atoms with van der Waals surface area (Å²) in [5, 5.41) is 20.5. The molecule has 174 valence electrons. The Labute approximate surface area is 187 Å². The third kappa shape index (κ3) is 7.12. The van der Waals surface area contributed by atoms with Crippen molar-refractivity contribution in [3.05, 3.63) is 44.2 Å². The Bertz CT molecular complexity index is 997. The second-order valence-electron chi connectivity index (χ2n) is 7.61. The average Bonchev–Trinajstić information content (AvgIpc) is 2.92. The van der Waals surface area contributed by atoms with Gasteiger partial charge in [0, 0.05) is 17.7 Å². The van der Waals surface area contributed by atoms with E-state index in [2.05, 4.69) is 4.98 Å². The van der Waals surface area contributed by atoms with Crippen molar-refractivity contribution in [1.29, 1.82) is 0 Å². The lowest BCUT2D eigenvalue weighted by Crippen LogP contribution is -2.39. The van der Waals surface area contributed by atoms with Gasteiger partial charge < -0.3 is 19.5 Å². The van der Waals surface area contributed by atoms with E-state index >= 15 is 0 Å². The SMILES string of the molecule is CC(=O)C(CC=C(C)C)Cc1cn([C@@H]2O[C@H](COP(=O)(Cl)Cl)C(O)[C@@H]2O)c(=O)[nH]c1=O. The number of aliphatic hydroxyl groups excluding tert-OH is 2. The minimum Gasteiger partial charge on any atom is -0.387 e. The Morgan fingerprint density at radius 2 is 1.97 bits per heavy atom. The molecule has 0 aliphatic carbocycles. The zero-order valence-electron chi connectivity index (χ0n) is 17.2. The van der Waals surface area contributed by atoms with E-state index < -0.39 is 54.4 Å². The highest BCUT2D eigenvalue weighted by Crippen LogP contribution is 2.57. The third-order valence-electron chi connectivity index (χ3n) is 4.89. The molecule has 10 nitrogen and oxygen atoms in total. The number of aromatic amines is 1. The fraction of sp³-hybridized carbons (Fsp3) is 0.611. The number of ketones is 1. The Morgan fingerprint density at radius 1 is 1.32 bits per heavy atom. The van der Waals surface area contributed by atoms with Crippen molar-refractivity contribution in [2.45, 2.75) is 58.2 Å². The highest BCUT2D eigenvalue weighted by molar-refractivity contribution is 8.05. The van der Waals surface area contributed by atoms with Gasteiger partial charge in [-0.3, -0.25) is 23.7 Å². The lowest BCUT2D eigenvalue weighted by Gasteiger charge is -2.19. The molecule has 1 fully saturated rings. The summed E-state index contributed by atoms with van der Waals surface area (Å²) in [4.78, 5) is 38.8. The van der Waals surface area contributed by atoms with Gasteiger partial charge in [0.1, 0.15) is 24.1 Å². The molecule has 2 heterocycles. The molecule has 5 atom stereocenters. The molecular formula is C18H25Cl2N2O8P. The van der Waals surface area contributed by atoms with Crippen LogP contribution in [0, 0.1) is 5.92 Å². The lowest BCUT2D eigenvalue weighted by molar-refractivity contribution is -0.120. The Balaban J connectivity index is 2.30. The van der Waals surface area contributed by atoms with E-state index in [-0.39, 0.29) is 17.8 Å². The van der Waals surface area contributed by atoms with E-state index in [9.17, 15) is 29.2 Å². The van der Waals surface area contributed by atoms with Crippen molar-refractivity contribution < 1.29 is 28.8 Å². The molecule has 1 saturated heterocycles. The number of carbonyl (C=O) groups excluding carboxylic acids is 1. The topological polar surface area (TPSA) is 148 Å². The van der Waals surface area contributed by atoms with Gasteiger partial charge in [0.25, 0.3) is 5.56 Å². The summed E-state index contributed by atoms with van der Waals surface area (Å²) in [6, 6.07) is 0. The van der Waals surface area contributed by atoms with Gasteiger partial charge in [0.15, 0.2) is 6.23 Å². The first kappa shape index (κ1) is 26.0. The number of nitrogens with one attached hydrogen (secondary N) is 1. The molecule has 1 aromatic rings. The van der Waals surface area contributed by atoms with Crippen LogP contribution in [0.5, 0.6) is 0 Å². The molecule has 0 radical (unpaired) electrons. The summed E-state index contributed by atoms with van der Waals surface area (Å²) in [7, 11) is 0. The summed E-state index contributed by atoms with van der Waals surface area (Å²) >= 11 is 10.6. The zero-order valence-corrected chi connectivity index (χ0v) is 19.6. The van der Waals surface area contributed by atoms with E-state index in [0.29, 0.717) is 6.42 Å². The number of rotatable bonds is 9. The normalized spacial score (nSPS) is 24.7. The molecular weight excluding hydrogens is 474 g/mol. The van der Waals surface area contributed by atoms with Crippen LogP contribution in [-0.2, 0) is 25.0 Å². The van der Waals surface area contributed by atoms with Gasteiger partial charge in [-0.1, -0.05) is 11.6 Å². The molecule has 1 aliphatic rings. The maximum absolute atomic E-state index is 12.3. The van der Waals surface area contributed by atoms with Crippen LogP contribution in [-0.4, -0.2) is 50.5 Å². The molecule has 1 aromatic heterocycles. The molecule has 2 rings (SSSR count). The van der Waals surface area contributed by atoms with Crippen molar-refractivity contribution in [1.82, 2.24) is 9.55 Å². The monoisotopic (exact) mass is 498 g/mol. The van der Waals surface area contributed by atoms with Gasteiger partial charge in [-0.2, -0.15) is 0 Å². The predicted molar refractivity (Wildman–Crippen MR) is 114 cm³/mol. The fourth-order valence-electron chi connectivity index (χ4n) is 3.15. The highest BCUT2D eigenvalue weighted by Gasteiger charge is 2.45. The number of aliphatic hydroxyl groups is 2. The van der Waals surface area contributed by atoms with Gasteiger partial charge in [-0.05, 0) is 56.1 Å². The Kier molecular flexibility index (Phi) is 8.86. The van der Waals surface area contributed by atoms with Crippen molar-refractivity contribution in [3.63, 3.8) is 0 Å². The molecule has 0 amide bonds. The number of aromatic nitrogens is 2. The summed E-state index contributed by atoms with van der Waals surface area (Å²) in [6.07, 6.45) is -5.96. The minimum atomic E-state index is -3.90. The second kappa shape index (κ2) is 10.6. The number of hydrogen-bond donors (Lipinski definition) is 3. The number of nitrogens with zero attached hydrogens (tertiary/aromatic N) is 1. The molecule has 31 heavy (non-hydrogen) atoms. The fourth-order valence-corrected chi connectivity index (χ4v) is 3.81. The van der Waals surface area contributed by atoms with Crippen molar-refractivity contribution in [2.75, 3.05) is 6.61 Å². The summed E-state index contributed by atoms with van der Waals surface area (Å²) in [5.74, 6) is -0.601. The lowest BCUT2D eigenvalue weighted by atomic mass is 9.93. The Hall–Kier alpha value is -1.26. The van der Waals surface area contributed by atoms with Crippen LogP contribution in [0.4, 0.5) is 0 Å². The number of Topliss-reactive ketones (excluding diaryl/α,β-unsaturated/α-hetero) is 1. The molecule has 0 aromatic carbocycles. The molecule has 3 N–H and O–H groups in total. The summed E-state index contributed by atoms with van der Waals surface area (Å²) < 4.78 is 22.4. The van der Waals surface area contributed by atoms with E-state index in [1.165, 1.54) is 13.1 Å².